The van der Waals surface area contributed by atoms with Crippen LogP contribution in [0.3, 0.4) is 0 Å². The molecule has 0 saturated carbocycles. The molecule has 18 heavy (non-hydrogen) atoms. The molecule has 0 bridgehead atoms. The second-order valence-electron chi connectivity index (χ2n) is 4.91. The van der Waals surface area contributed by atoms with E-state index in [1.807, 2.05) is 0 Å². The van der Waals surface area contributed by atoms with Gasteiger partial charge in [-0.25, -0.2) is 0 Å². The lowest BCUT2D eigenvalue weighted by Gasteiger charge is -2.15. The van der Waals surface area contributed by atoms with Gasteiger partial charge in [-0.2, -0.15) is 0 Å². The highest BCUT2D eigenvalue weighted by Gasteiger charge is 2.03. The first kappa shape index (κ1) is 13.1. The first-order chi connectivity index (χ1) is 8.81. The van der Waals surface area contributed by atoms with Gasteiger partial charge in [-0.15, -0.1) is 0 Å². The predicted octanol–water partition coefficient (Wildman–Crippen LogP) is 2.38. The number of para-hydroxylation sites is 1. The number of nitrogens with zero attached hydrogens (tertiary/aromatic N) is 1. The Balaban J connectivity index is 1.83. The van der Waals surface area contributed by atoms with E-state index in [1.165, 1.54) is 22.9 Å². The summed E-state index contributed by atoms with van der Waals surface area (Å²) >= 11 is 0. The molecule has 0 spiro atoms. The fourth-order valence-corrected chi connectivity index (χ4v) is 2.35. The smallest absolute Gasteiger partial charge is 0.0456 e. The summed E-state index contributed by atoms with van der Waals surface area (Å²) in [6, 6.07) is 8.50. The van der Waals surface area contributed by atoms with Crippen molar-refractivity contribution >= 4 is 10.9 Å². The molecule has 1 aromatic carbocycles. The molecule has 2 aromatic rings. The number of aromatic amines is 1. The van der Waals surface area contributed by atoms with Crippen LogP contribution in [0.5, 0.6) is 0 Å². The highest BCUT2D eigenvalue weighted by Crippen LogP contribution is 2.18. The Hall–Kier alpha value is -1.32. The number of aromatic nitrogens is 1. The molecule has 0 saturated heterocycles. The molecule has 0 amide bonds. The van der Waals surface area contributed by atoms with Gasteiger partial charge in [0.1, 0.15) is 0 Å². The molecule has 0 aliphatic heterocycles. The van der Waals surface area contributed by atoms with Crippen LogP contribution in [0.15, 0.2) is 30.5 Å². The molecule has 0 aliphatic rings. The summed E-state index contributed by atoms with van der Waals surface area (Å²) in [5, 5.41) is 1.36. The van der Waals surface area contributed by atoms with Gasteiger partial charge >= 0.3 is 0 Å². The number of hydrogen-bond acceptors (Lipinski definition) is 2. The van der Waals surface area contributed by atoms with Gasteiger partial charge in [-0.05, 0) is 57.6 Å². The molecule has 3 nitrogen and oxygen atoms in total. The first-order valence-electron chi connectivity index (χ1n) is 6.75. The minimum atomic E-state index is 0.785. The standard InChI is InChI=1S/C15H23N3/c1-18(11-5-9-16)10-4-6-13-12-17-15-8-3-2-7-14(13)15/h2-3,7-8,12,17H,4-6,9-11,16H2,1H3. The van der Waals surface area contributed by atoms with E-state index < -0.39 is 0 Å². The van der Waals surface area contributed by atoms with E-state index in [1.54, 1.807) is 0 Å². The van der Waals surface area contributed by atoms with E-state index in [9.17, 15) is 0 Å². The third-order valence-corrected chi connectivity index (χ3v) is 3.40. The molecule has 98 valence electrons. The number of benzene rings is 1. The number of nitrogens with two attached hydrogens (primary N) is 1. The SMILES string of the molecule is CN(CCCN)CCCc1c[nH]c2ccccc12. The molecule has 1 heterocycles. The summed E-state index contributed by atoms with van der Waals surface area (Å²) < 4.78 is 0. The normalized spacial score (nSPS) is 11.5. The van der Waals surface area contributed by atoms with Gasteiger partial charge in [0.25, 0.3) is 0 Å². The van der Waals surface area contributed by atoms with Gasteiger partial charge in [-0.1, -0.05) is 18.2 Å². The van der Waals surface area contributed by atoms with E-state index in [4.69, 9.17) is 5.73 Å². The average molecular weight is 245 g/mol. The number of nitrogens with one attached hydrogen (secondary N) is 1. The van der Waals surface area contributed by atoms with E-state index >= 15 is 0 Å². The quantitative estimate of drug-likeness (QED) is 0.786. The van der Waals surface area contributed by atoms with Crippen LogP contribution in [0.25, 0.3) is 10.9 Å². The van der Waals surface area contributed by atoms with Crippen molar-refractivity contribution in [3.63, 3.8) is 0 Å². The molecule has 0 unspecified atom stereocenters. The average Bonchev–Trinajstić information content (AvgIpc) is 2.80. The maximum absolute atomic E-state index is 5.51. The molecule has 1 aromatic heterocycles. The van der Waals surface area contributed by atoms with Crippen LogP contribution < -0.4 is 5.73 Å². The van der Waals surface area contributed by atoms with Crippen molar-refractivity contribution < 1.29 is 0 Å². The molecule has 0 fully saturated rings. The monoisotopic (exact) mass is 245 g/mol. The van der Waals surface area contributed by atoms with Crippen molar-refractivity contribution in [2.45, 2.75) is 19.3 Å². The van der Waals surface area contributed by atoms with Gasteiger partial charge in [0.2, 0.25) is 0 Å². The van der Waals surface area contributed by atoms with Crippen molar-refractivity contribution in [2.24, 2.45) is 5.73 Å². The molecular weight excluding hydrogens is 222 g/mol. The van der Waals surface area contributed by atoms with Crippen molar-refractivity contribution in [1.29, 1.82) is 0 Å². The van der Waals surface area contributed by atoms with Crippen LogP contribution in [0.2, 0.25) is 0 Å². The summed E-state index contributed by atoms with van der Waals surface area (Å²) in [6.07, 6.45) is 5.56. The Bertz CT molecular complexity index is 475. The summed E-state index contributed by atoms with van der Waals surface area (Å²) in [4.78, 5) is 5.69. The summed E-state index contributed by atoms with van der Waals surface area (Å²) in [6.45, 7) is 3.02. The van der Waals surface area contributed by atoms with Crippen LogP contribution in [0, 0.1) is 0 Å². The Morgan fingerprint density at radius 1 is 1.17 bits per heavy atom. The minimum absolute atomic E-state index is 0.785. The molecule has 0 radical (unpaired) electrons. The molecule has 3 heteroatoms. The van der Waals surface area contributed by atoms with Gasteiger partial charge in [-0.3, -0.25) is 0 Å². The van der Waals surface area contributed by atoms with Gasteiger partial charge in [0, 0.05) is 17.1 Å². The van der Waals surface area contributed by atoms with E-state index in [0.717, 1.165) is 32.5 Å². The third-order valence-electron chi connectivity index (χ3n) is 3.40. The number of aryl methyl sites for hydroxylation is 1. The number of rotatable bonds is 7. The molecular formula is C15H23N3. The van der Waals surface area contributed by atoms with Crippen molar-refractivity contribution in [2.75, 3.05) is 26.7 Å². The highest BCUT2D eigenvalue weighted by atomic mass is 15.1. The predicted molar refractivity (Wildman–Crippen MR) is 77.8 cm³/mol. The third kappa shape index (κ3) is 3.34. The Morgan fingerprint density at radius 3 is 2.78 bits per heavy atom. The van der Waals surface area contributed by atoms with Crippen molar-refractivity contribution in [3.8, 4) is 0 Å². The summed E-state index contributed by atoms with van der Waals surface area (Å²) in [5.41, 5.74) is 8.18. The summed E-state index contributed by atoms with van der Waals surface area (Å²) in [7, 11) is 2.17. The minimum Gasteiger partial charge on any atom is -0.361 e. The van der Waals surface area contributed by atoms with Crippen LogP contribution in [0.1, 0.15) is 18.4 Å². The van der Waals surface area contributed by atoms with Gasteiger partial charge in [0.05, 0.1) is 0 Å². The zero-order valence-electron chi connectivity index (χ0n) is 11.2. The summed E-state index contributed by atoms with van der Waals surface area (Å²) in [5.74, 6) is 0. The Kier molecular flexibility index (Phi) is 4.79. The van der Waals surface area contributed by atoms with E-state index in [0.29, 0.717) is 0 Å². The van der Waals surface area contributed by atoms with Crippen LogP contribution in [-0.4, -0.2) is 36.6 Å². The Labute approximate surface area is 109 Å². The van der Waals surface area contributed by atoms with Crippen molar-refractivity contribution in [3.05, 3.63) is 36.0 Å². The Morgan fingerprint density at radius 2 is 1.94 bits per heavy atom. The second-order valence-corrected chi connectivity index (χ2v) is 4.91. The maximum Gasteiger partial charge on any atom is 0.0456 e. The molecule has 3 N–H and O–H groups in total. The lowest BCUT2D eigenvalue weighted by atomic mass is 10.1. The largest absolute Gasteiger partial charge is 0.361 e. The van der Waals surface area contributed by atoms with Crippen molar-refractivity contribution in [1.82, 2.24) is 9.88 Å². The molecule has 2 rings (SSSR count). The number of H-pyrrole nitrogens is 1. The zero-order valence-corrected chi connectivity index (χ0v) is 11.2. The zero-order chi connectivity index (χ0) is 12.8. The highest BCUT2D eigenvalue weighted by molar-refractivity contribution is 5.82. The molecule has 0 atom stereocenters. The van der Waals surface area contributed by atoms with Gasteiger partial charge in [0.15, 0.2) is 0 Å². The number of fused-ring (bicyclic) bond motifs is 1. The van der Waals surface area contributed by atoms with Gasteiger partial charge < -0.3 is 15.6 Å². The van der Waals surface area contributed by atoms with Crippen LogP contribution in [0.4, 0.5) is 0 Å². The van der Waals surface area contributed by atoms with Crippen LogP contribution >= 0.6 is 0 Å². The molecule has 0 aliphatic carbocycles. The first-order valence-corrected chi connectivity index (χ1v) is 6.75. The lowest BCUT2D eigenvalue weighted by Crippen LogP contribution is -2.23. The fraction of sp³-hybridized carbons (Fsp3) is 0.467. The number of hydrogen-bond donors (Lipinski definition) is 2. The second kappa shape index (κ2) is 6.57. The van der Waals surface area contributed by atoms with E-state index in [-0.39, 0.29) is 0 Å². The van der Waals surface area contributed by atoms with Crippen LogP contribution in [-0.2, 0) is 6.42 Å². The van der Waals surface area contributed by atoms with E-state index in [2.05, 4.69) is 47.4 Å². The topological polar surface area (TPSA) is 45.0 Å². The lowest BCUT2D eigenvalue weighted by molar-refractivity contribution is 0.327. The fourth-order valence-electron chi connectivity index (χ4n) is 2.35. The maximum atomic E-state index is 5.51.